The smallest absolute Gasteiger partial charge is 0.275 e. The van der Waals surface area contributed by atoms with Gasteiger partial charge in [-0.25, -0.2) is 5.43 Å². The van der Waals surface area contributed by atoms with Gasteiger partial charge < -0.3 is 14.9 Å². The van der Waals surface area contributed by atoms with Crippen LogP contribution in [0.4, 0.5) is 0 Å². The lowest BCUT2D eigenvalue weighted by atomic mass is 10.1. The number of carbonyl (C=O) groups excluding carboxylic acids is 1. The van der Waals surface area contributed by atoms with E-state index in [2.05, 4.69) is 10.5 Å². The zero-order chi connectivity index (χ0) is 16.1. The zero-order valence-corrected chi connectivity index (χ0v) is 12.2. The van der Waals surface area contributed by atoms with Gasteiger partial charge in [-0.1, -0.05) is 12.1 Å². The van der Waals surface area contributed by atoms with Crippen LogP contribution in [-0.2, 0) is 0 Å². The highest BCUT2D eigenvalue weighted by atomic mass is 16.5. The summed E-state index contributed by atoms with van der Waals surface area (Å²) < 4.78 is 5.11. The van der Waals surface area contributed by atoms with E-state index >= 15 is 0 Å². The Hall–Kier alpha value is -3.02. The molecule has 3 N–H and O–H groups in total. The maximum absolute atomic E-state index is 12.1. The number of methoxy groups -OCH3 is 1. The van der Waals surface area contributed by atoms with Crippen LogP contribution in [-0.4, -0.2) is 28.9 Å². The first kappa shape index (κ1) is 15.4. The predicted molar refractivity (Wildman–Crippen MR) is 82.4 cm³/mol. The fraction of sp³-hybridized carbons (Fsp3) is 0.125. The van der Waals surface area contributed by atoms with Gasteiger partial charge in [-0.05, 0) is 31.2 Å². The monoisotopic (exact) mass is 300 g/mol. The SMILES string of the molecule is COc1ccccc1C(=O)N/N=C(\C)c1ccc(O)cc1O. The summed E-state index contributed by atoms with van der Waals surface area (Å²) in [6.45, 7) is 1.63. The number of hydrogen-bond donors (Lipinski definition) is 3. The number of hydrogen-bond acceptors (Lipinski definition) is 5. The van der Waals surface area contributed by atoms with Gasteiger partial charge in [0.1, 0.15) is 17.2 Å². The Morgan fingerprint density at radius 3 is 2.55 bits per heavy atom. The lowest BCUT2D eigenvalue weighted by molar-refractivity contribution is 0.0951. The Bertz CT molecular complexity index is 726. The lowest BCUT2D eigenvalue weighted by Gasteiger charge is -2.08. The van der Waals surface area contributed by atoms with Crippen molar-refractivity contribution in [2.45, 2.75) is 6.92 Å². The Morgan fingerprint density at radius 2 is 1.86 bits per heavy atom. The van der Waals surface area contributed by atoms with Crippen LogP contribution in [0.25, 0.3) is 0 Å². The molecule has 2 aromatic rings. The molecule has 2 rings (SSSR count). The second kappa shape index (κ2) is 6.62. The molecule has 0 unspecified atom stereocenters. The molecule has 0 aliphatic rings. The summed E-state index contributed by atoms with van der Waals surface area (Å²) in [5.41, 5.74) is 3.59. The van der Waals surface area contributed by atoms with Gasteiger partial charge in [0.15, 0.2) is 0 Å². The third-order valence-electron chi connectivity index (χ3n) is 3.05. The number of benzene rings is 2. The van der Waals surface area contributed by atoms with Crippen molar-refractivity contribution >= 4 is 11.6 Å². The number of nitrogens with zero attached hydrogens (tertiary/aromatic N) is 1. The van der Waals surface area contributed by atoms with Gasteiger partial charge in [-0.2, -0.15) is 5.10 Å². The van der Waals surface area contributed by atoms with Crippen molar-refractivity contribution in [1.82, 2.24) is 5.43 Å². The number of rotatable bonds is 4. The second-order valence-corrected chi connectivity index (χ2v) is 4.54. The number of amides is 1. The van der Waals surface area contributed by atoms with Gasteiger partial charge in [0.2, 0.25) is 0 Å². The van der Waals surface area contributed by atoms with Crippen molar-refractivity contribution in [2.75, 3.05) is 7.11 Å². The Morgan fingerprint density at radius 1 is 1.14 bits per heavy atom. The molecule has 0 spiro atoms. The second-order valence-electron chi connectivity index (χ2n) is 4.54. The van der Waals surface area contributed by atoms with Crippen molar-refractivity contribution in [1.29, 1.82) is 0 Å². The standard InChI is InChI=1S/C16H16N2O4/c1-10(12-8-7-11(19)9-14(12)20)17-18-16(21)13-5-3-4-6-15(13)22-2/h3-9,19-20H,1-2H3,(H,18,21)/b17-10+. The van der Waals surface area contributed by atoms with Gasteiger partial charge in [-0.3, -0.25) is 4.79 Å². The third-order valence-corrected chi connectivity index (χ3v) is 3.05. The van der Waals surface area contributed by atoms with Gasteiger partial charge in [0.05, 0.1) is 18.4 Å². The van der Waals surface area contributed by atoms with Crippen LogP contribution < -0.4 is 10.2 Å². The molecule has 1 amide bonds. The quantitative estimate of drug-likeness (QED) is 0.596. The maximum Gasteiger partial charge on any atom is 0.275 e. The molecule has 0 heterocycles. The predicted octanol–water partition coefficient (Wildman–Crippen LogP) is 2.26. The topological polar surface area (TPSA) is 91.2 Å². The summed E-state index contributed by atoms with van der Waals surface area (Å²) in [7, 11) is 1.48. The molecule has 0 atom stereocenters. The average molecular weight is 300 g/mol. The van der Waals surface area contributed by atoms with Crippen molar-refractivity contribution in [3.05, 3.63) is 53.6 Å². The summed E-state index contributed by atoms with van der Waals surface area (Å²) in [5, 5.41) is 23.0. The molecule has 0 fully saturated rings. The third kappa shape index (κ3) is 3.35. The van der Waals surface area contributed by atoms with Crippen LogP contribution in [0.1, 0.15) is 22.8 Å². The fourth-order valence-electron chi connectivity index (χ4n) is 1.91. The summed E-state index contributed by atoms with van der Waals surface area (Å²) in [6, 6.07) is 10.9. The number of ether oxygens (including phenoxy) is 1. The van der Waals surface area contributed by atoms with Crippen LogP contribution >= 0.6 is 0 Å². The lowest BCUT2D eigenvalue weighted by Crippen LogP contribution is -2.20. The minimum absolute atomic E-state index is 0.0490. The molecule has 2 aromatic carbocycles. The highest BCUT2D eigenvalue weighted by molar-refractivity contribution is 6.03. The first-order valence-corrected chi connectivity index (χ1v) is 6.53. The molecular weight excluding hydrogens is 284 g/mol. The van der Waals surface area contributed by atoms with Crippen LogP contribution in [0, 0.1) is 0 Å². The van der Waals surface area contributed by atoms with Crippen molar-refractivity contribution < 1.29 is 19.7 Å². The molecule has 0 aliphatic heterocycles. The van der Waals surface area contributed by atoms with Gasteiger partial charge >= 0.3 is 0 Å². The number of para-hydroxylation sites is 1. The number of aromatic hydroxyl groups is 2. The maximum atomic E-state index is 12.1. The van der Waals surface area contributed by atoms with Crippen molar-refractivity contribution in [3.63, 3.8) is 0 Å². The van der Waals surface area contributed by atoms with E-state index in [1.54, 1.807) is 31.2 Å². The Kier molecular flexibility index (Phi) is 4.63. The minimum Gasteiger partial charge on any atom is -0.508 e. The highest BCUT2D eigenvalue weighted by Crippen LogP contribution is 2.23. The van der Waals surface area contributed by atoms with Crippen LogP contribution in [0.2, 0.25) is 0 Å². The normalized spacial score (nSPS) is 11.1. The Labute approximate surface area is 127 Å². The first-order chi connectivity index (χ1) is 10.5. The van der Waals surface area contributed by atoms with E-state index in [1.165, 1.54) is 25.3 Å². The number of phenols is 2. The minimum atomic E-state index is -0.421. The molecule has 0 saturated carbocycles. The molecular formula is C16H16N2O4. The van der Waals surface area contributed by atoms with Crippen molar-refractivity contribution in [2.24, 2.45) is 5.10 Å². The van der Waals surface area contributed by atoms with Crippen LogP contribution in [0.3, 0.4) is 0 Å². The van der Waals surface area contributed by atoms with Gasteiger partial charge in [-0.15, -0.1) is 0 Å². The first-order valence-electron chi connectivity index (χ1n) is 6.53. The number of hydrazone groups is 1. The number of carbonyl (C=O) groups is 1. The molecule has 0 radical (unpaired) electrons. The molecule has 6 heteroatoms. The van der Waals surface area contributed by atoms with Crippen LogP contribution in [0.15, 0.2) is 47.6 Å². The molecule has 6 nitrogen and oxygen atoms in total. The molecule has 114 valence electrons. The zero-order valence-electron chi connectivity index (χ0n) is 12.2. The summed E-state index contributed by atoms with van der Waals surface area (Å²) in [5.74, 6) is -0.143. The van der Waals surface area contributed by atoms with E-state index in [1.807, 2.05) is 0 Å². The van der Waals surface area contributed by atoms with E-state index in [4.69, 9.17) is 4.74 Å². The van der Waals surface area contributed by atoms with Crippen LogP contribution in [0.5, 0.6) is 17.2 Å². The number of phenolic OH excluding ortho intramolecular Hbond substituents is 2. The van der Waals surface area contributed by atoms with E-state index < -0.39 is 5.91 Å². The summed E-state index contributed by atoms with van der Waals surface area (Å²) in [4.78, 5) is 12.1. The Balaban J connectivity index is 2.18. The highest BCUT2D eigenvalue weighted by Gasteiger charge is 2.11. The van der Waals surface area contributed by atoms with E-state index in [9.17, 15) is 15.0 Å². The average Bonchev–Trinajstić information content (AvgIpc) is 2.52. The summed E-state index contributed by atoms with van der Waals surface area (Å²) >= 11 is 0. The van der Waals surface area contributed by atoms with Gasteiger partial charge in [0, 0.05) is 11.6 Å². The van der Waals surface area contributed by atoms with Gasteiger partial charge in [0.25, 0.3) is 5.91 Å². The molecule has 0 aromatic heterocycles. The number of nitrogens with one attached hydrogen (secondary N) is 1. The largest absolute Gasteiger partial charge is 0.508 e. The molecule has 22 heavy (non-hydrogen) atoms. The van der Waals surface area contributed by atoms with E-state index in [-0.39, 0.29) is 11.5 Å². The molecule has 0 saturated heterocycles. The molecule has 0 bridgehead atoms. The van der Waals surface area contributed by atoms with Crippen molar-refractivity contribution in [3.8, 4) is 17.2 Å². The fourth-order valence-corrected chi connectivity index (χ4v) is 1.91. The van der Waals surface area contributed by atoms with E-state index in [0.717, 1.165) is 0 Å². The van der Waals surface area contributed by atoms with E-state index in [0.29, 0.717) is 22.6 Å². The molecule has 0 aliphatic carbocycles. The summed E-state index contributed by atoms with van der Waals surface area (Å²) in [6.07, 6.45) is 0.